The molecular weight excluding hydrogens is 230 g/mol. The summed E-state index contributed by atoms with van der Waals surface area (Å²) in [5.74, 6) is 1.74. The lowest BCUT2D eigenvalue weighted by atomic mass is 10.1. The molecule has 6 nitrogen and oxygen atoms in total. The van der Waals surface area contributed by atoms with Crippen LogP contribution in [0.1, 0.15) is 13.8 Å². The third-order valence-electron chi connectivity index (χ3n) is 2.96. The van der Waals surface area contributed by atoms with Crippen LogP contribution >= 0.6 is 0 Å². The number of aromatic nitrogens is 2. The zero-order valence-electron chi connectivity index (χ0n) is 11.0. The Balaban J connectivity index is 2.09. The van der Waals surface area contributed by atoms with Crippen molar-refractivity contribution in [1.82, 2.24) is 9.97 Å². The van der Waals surface area contributed by atoms with E-state index in [2.05, 4.69) is 20.2 Å². The number of anilines is 2. The van der Waals surface area contributed by atoms with Gasteiger partial charge in [-0.1, -0.05) is 0 Å². The van der Waals surface area contributed by atoms with Gasteiger partial charge in [-0.15, -0.1) is 0 Å². The zero-order chi connectivity index (χ0) is 13.0. The smallest absolute Gasteiger partial charge is 0.134 e. The number of ether oxygens (including phenoxy) is 1. The van der Waals surface area contributed by atoms with Crippen molar-refractivity contribution in [2.24, 2.45) is 5.73 Å². The highest BCUT2D eigenvalue weighted by molar-refractivity contribution is 5.49. The molecule has 0 spiro atoms. The van der Waals surface area contributed by atoms with E-state index >= 15 is 0 Å². The summed E-state index contributed by atoms with van der Waals surface area (Å²) >= 11 is 0. The fourth-order valence-corrected chi connectivity index (χ4v) is 1.78. The number of nitrogens with zero attached hydrogens (tertiary/aromatic N) is 3. The summed E-state index contributed by atoms with van der Waals surface area (Å²) in [5.41, 5.74) is 5.53. The van der Waals surface area contributed by atoms with Crippen LogP contribution in [0.4, 0.5) is 11.6 Å². The van der Waals surface area contributed by atoms with Crippen LogP contribution in [0.25, 0.3) is 0 Å². The predicted molar refractivity (Wildman–Crippen MR) is 71.8 cm³/mol. The van der Waals surface area contributed by atoms with Gasteiger partial charge in [-0.05, 0) is 13.8 Å². The second-order valence-corrected chi connectivity index (χ2v) is 5.07. The second kappa shape index (κ2) is 5.49. The molecule has 6 heteroatoms. The Labute approximate surface area is 108 Å². The summed E-state index contributed by atoms with van der Waals surface area (Å²) in [6, 6.07) is 1.96. The first-order valence-corrected chi connectivity index (χ1v) is 6.24. The minimum absolute atomic E-state index is 0.170. The van der Waals surface area contributed by atoms with E-state index in [-0.39, 0.29) is 5.54 Å². The molecule has 1 aromatic rings. The molecule has 1 aliphatic heterocycles. The summed E-state index contributed by atoms with van der Waals surface area (Å²) in [6.07, 6.45) is 1.58. The van der Waals surface area contributed by atoms with E-state index in [9.17, 15) is 0 Å². The van der Waals surface area contributed by atoms with Gasteiger partial charge in [0.25, 0.3) is 0 Å². The summed E-state index contributed by atoms with van der Waals surface area (Å²) in [7, 11) is 0. The molecule has 1 saturated heterocycles. The molecule has 100 valence electrons. The zero-order valence-corrected chi connectivity index (χ0v) is 11.0. The van der Waals surface area contributed by atoms with Crippen molar-refractivity contribution < 1.29 is 4.74 Å². The summed E-state index contributed by atoms with van der Waals surface area (Å²) in [4.78, 5) is 10.7. The molecule has 0 unspecified atom stereocenters. The average Bonchev–Trinajstić information content (AvgIpc) is 2.40. The molecular formula is C12H21N5O. The highest BCUT2D eigenvalue weighted by atomic mass is 16.5. The largest absolute Gasteiger partial charge is 0.378 e. The maximum atomic E-state index is 5.70. The van der Waals surface area contributed by atoms with Gasteiger partial charge < -0.3 is 20.7 Å². The molecule has 0 aliphatic carbocycles. The summed E-state index contributed by atoms with van der Waals surface area (Å²) in [5, 5.41) is 3.31. The lowest BCUT2D eigenvalue weighted by Crippen LogP contribution is -2.40. The Morgan fingerprint density at radius 3 is 2.78 bits per heavy atom. The van der Waals surface area contributed by atoms with Crippen molar-refractivity contribution >= 4 is 11.6 Å². The highest BCUT2D eigenvalue weighted by Gasteiger charge is 2.17. The molecule has 0 bridgehead atoms. The van der Waals surface area contributed by atoms with Crippen molar-refractivity contribution in [3.63, 3.8) is 0 Å². The molecule has 3 N–H and O–H groups in total. The fourth-order valence-electron chi connectivity index (χ4n) is 1.78. The molecule has 2 rings (SSSR count). The molecule has 2 heterocycles. The van der Waals surface area contributed by atoms with Crippen LogP contribution in [-0.2, 0) is 4.74 Å². The minimum atomic E-state index is -0.170. The predicted octanol–water partition coefficient (Wildman–Crippen LogP) is 0.462. The Morgan fingerprint density at radius 1 is 1.39 bits per heavy atom. The van der Waals surface area contributed by atoms with Crippen molar-refractivity contribution in [3.05, 3.63) is 12.4 Å². The van der Waals surface area contributed by atoms with Gasteiger partial charge in [-0.3, -0.25) is 0 Å². The normalized spacial score (nSPS) is 16.7. The van der Waals surface area contributed by atoms with Crippen LogP contribution in [0.2, 0.25) is 0 Å². The Kier molecular flexibility index (Phi) is 3.98. The van der Waals surface area contributed by atoms with Gasteiger partial charge in [0.1, 0.15) is 18.0 Å². The van der Waals surface area contributed by atoms with Gasteiger partial charge in [0.05, 0.1) is 13.2 Å². The third-order valence-corrected chi connectivity index (χ3v) is 2.96. The molecule has 0 saturated carbocycles. The second-order valence-electron chi connectivity index (χ2n) is 5.07. The topological polar surface area (TPSA) is 76.3 Å². The lowest BCUT2D eigenvalue weighted by Gasteiger charge is -2.29. The van der Waals surface area contributed by atoms with Gasteiger partial charge in [-0.25, -0.2) is 9.97 Å². The monoisotopic (exact) mass is 251 g/mol. The fraction of sp³-hybridized carbons (Fsp3) is 0.667. The summed E-state index contributed by atoms with van der Waals surface area (Å²) < 4.78 is 5.33. The van der Waals surface area contributed by atoms with E-state index in [4.69, 9.17) is 10.5 Å². The average molecular weight is 251 g/mol. The first-order valence-electron chi connectivity index (χ1n) is 6.24. The Bertz CT molecular complexity index is 390. The standard InChI is InChI=1S/C12H21N5O/c1-12(2,8-13)16-10-7-11(15-9-14-10)17-3-5-18-6-4-17/h7,9H,3-6,8,13H2,1-2H3,(H,14,15,16). The van der Waals surface area contributed by atoms with Crippen LogP contribution in [-0.4, -0.2) is 48.4 Å². The van der Waals surface area contributed by atoms with E-state index < -0.39 is 0 Å². The van der Waals surface area contributed by atoms with E-state index in [0.29, 0.717) is 6.54 Å². The van der Waals surface area contributed by atoms with Gasteiger partial charge >= 0.3 is 0 Å². The van der Waals surface area contributed by atoms with E-state index in [1.165, 1.54) is 0 Å². The van der Waals surface area contributed by atoms with Crippen LogP contribution in [0, 0.1) is 0 Å². The molecule has 0 atom stereocenters. The van der Waals surface area contributed by atoms with Crippen molar-refractivity contribution in [1.29, 1.82) is 0 Å². The number of nitrogens with one attached hydrogen (secondary N) is 1. The minimum Gasteiger partial charge on any atom is -0.378 e. The van der Waals surface area contributed by atoms with E-state index in [1.54, 1.807) is 6.33 Å². The molecule has 18 heavy (non-hydrogen) atoms. The van der Waals surface area contributed by atoms with Gasteiger partial charge in [-0.2, -0.15) is 0 Å². The van der Waals surface area contributed by atoms with Crippen LogP contribution < -0.4 is 16.0 Å². The summed E-state index contributed by atoms with van der Waals surface area (Å²) in [6.45, 7) is 7.88. The van der Waals surface area contributed by atoms with E-state index in [0.717, 1.165) is 37.9 Å². The maximum absolute atomic E-state index is 5.70. The third kappa shape index (κ3) is 3.30. The SMILES string of the molecule is CC(C)(CN)Nc1cc(N2CCOCC2)ncn1. The molecule has 1 aromatic heterocycles. The number of morpholine rings is 1. The molecule has 1 fully saturated rings. The molecule has 1 aliphatic rings. The molecule has 0 radical (unpaired) electrons. The number of nitrogens with two attached hydrogens (primary N) is 1. The van der Waals surface area contributed by atoms with Crippen molar-refractivity contribution in [2.75, 3.05) is 43.1 Å². The highest BCUT2D eigenvalue weighted by Crippen LogP contribution is 2.18. The Morgan fingerprint density at radius 2 is 2.11 bits per heavy atom. The Hall–Kier alpha value is -1.40. The molecule has 0 amide bonds. The van der Waals surface area contributed by atoms with Crippen molar-refractivity contribution in [3.8, 4) is 0 Å². The number of hydrogen-bond acceptors (Lipinski definition) is 6. The van der Waals surface area contributed by atoms with Crippen molar-refractivity contribution in [2.45, 2.75) is 19.4 Å². The van der Waals surface area contributed by atoms with Gasteiger partial charge in [0.15, 0.2) is 0 Å². The number of rotatable bonds is 4. The molecule has 0 aromatic carbocycles. The van der Waals surface area contributed by atoms with Gasteiger partial charge in [0.2, 0.25) is 0 Å². The van der Waals surface area contributed by atoms with Crippen LogP contribution in [0.3, 0.4) is 0 Å². The van der Waals surface area contributed by atoms with Crippen LogP contribution in [0.15, 0.2) is 12.4 Å². The maximum Gasteiger partial charge on any atom is 0.134 e. The first kappa shape index (κ1) is 13.0. The lowest BCUT2D eigenvalue weighted by molar-refractivity contribution is 0.122. The van der Waals surface area contributed by atoms with Gasteiger partial charge in [0, 0.05) is 31.2 Å². The first-order chi connectivity index (χ1) is 8.61. The quantitative estimate of drug-likeness (QED) is 0.810. The van der Waals surface area contributed by atoms with E-state index in [1.807, 2.05) is 19.9 Å². The number of hydrogen-bond donors (Lipinski definition) is 2. The van der Waals surface area contributed by atoms with Crippen LogP contribution in [0.5, 0.6) is 0 Å².